The summed E-state index contributed by atoms with van der Waals surface area (Å²) in [6, 6.07) is 4.68. The minimum Gasteiger partial charge on any atom is -0.356 e. The lowest BCUT2D eigenvalue weighted by Crippen LogP contribution is -2.32. The van der Waals surface area contributed by atoms with Crippen molar-refractivity contribution < 1.29 is 0 Å². The molecule has 1 rings (SSSR count). The summed E-state index contributed by atoms with van der Waals surface area (Å²) in [6.07, 6.45) is 1.99. The van der Waals surface area contributed by atoms with Crippen molar-refractivity contribution in [2.45, 2.75) is 40.7 Å². The van der Waals surface area contributed by atoms with Gasteiger partial charge in [-0.3, -0.25) is 0 Å². The first-order valence-electron chi connectivity index (χ1n) is 7.32. The van der Waals surface area contributed by atoms with Crippen LogP contribution in [0.25, 0.3) is 0 Å². The monoisotopic (exact) mass is 263 g/mol. The lowest BCUT2D eigenvalue weighted by atomic mass is 10.1. The number of rotatable bonds is 7. The maximum Gasteiger partial charge on any atom is 0.128 e. The summed E-state index contributed by atoms with van der Waals surface area (Å²) in [7, 11) is 1.97. The molecule has 0 aromatic carbocycles. The van der Waals surface area contributed by atoms with Crippen molar-refractivity contribution in [1.82, 2.24) is 10.3 Å². The van der Waals surface area contributed by atoms with Crippen LogP contribution in [0.1, 0.15) is 46.2 Å². The van der Waals surface area contributed by atoms with Gasteiger partial charge in [0.15, 0.2) is 0 Å². The van der Waals surface area contributed by atoms with Crippen molar-refractivity contribution in [3.8, 4) is 0 Å². The van der Waals surface area contributed by atoms with Crippen molar-refractivity contribution in [3.05, 3.63) is 23.9 Å². The van der Waals surface area contributed by atoms with Crippen molar-refractivity contribution in [2.24, 2.45) is 11.8 Å². The third kappa shape index (κ3) is 5.19. The Morgan fingerprint density at radius 3 is 2.00 bits per heavy atom. The van der Waals surface area contributed by atoms with Gasteiger partial charge in [-0.1, -0.05) is 33.8 Å². The van der Waals surface area contributed by atoms with Crippen LogP contribution in [-0.2, 0) is 0 Å². The first-order valence-corrected chi connectivity index (χ1v) is 7.32. The zero-order valence-electron chi connectivity index (χ0n) is 13.3. The van der Waals surface area contributed by atoms with Crippen LogP contribution in [0.4, 0.5) is 5.82 Å². The Morgan fingerprint density at radius 1 is 1.05 bits per heavy atom. The smallest absolute Gasteiger partial charge is 0.128 e. The summed E-state index contributed by atoms with van der Waals surface area (Å²) < 4.78 is 0. The zero-order chi connectivity index (χ0) is 14.4. The van der Waals surface area contributed by atoms with E-state index in [1.807, 2.05) is 13.2 Å². The molecular weight excluding hydrogens is 234 g/mol. The highest BCUT2D eigenvalue weighted by molar-refractivity contribution is 5.40. The maximum absolute atomic E-state index is 4.64. The molecule has 1 unspecified atom stereocenters. The average molecular weight is 263 g/mol. The van der Waals surface area contributed by atoms with E-state index in [0.29, 0.717) is 17.9 Å². The minimum absolute atomic E-state index is 0.352. The third-order valence-electron chi connectivity index (χ3n) is 3.20. The van der Waals surface area contributed by atoms with Gasteiger partial charge in [0, 0.05) is 25.3 Å². The Bertz CT molecular complexity index is 347. The zero-order valence-corrected chi connectivity index (χ0v) is 13.3. The SMILES string of the molecule is CNC(C)c1ccc(N(CC(C)C)CC(C)C)nc1. The van der Waals surface area contributed by atoms with Gasteiger partial charge in [0.1, 0.15) is 5.82 Å². The van der Waals surface area contributed by atoms with Gasteiger partial charge in [0.05, 0.1) is 0 Å². The molecule has 0 spiro atoms. The molecule has 0 saturated heterocycles. The lowest BCUT2D eigenvalue weighted by molar-refractivity contribution is 0.548. The minimum atomic E-state index is 0.352. The number of nitrogens with one attached hydrogen (secondary N) is 1. The normalized spacial score (nSPS) is 13.1. The van der Waals surface area contributed by atoms with Crippen LogP contribution < -0.4 is 10.2 Å². The van der Waals surface area contributed by atoms with E-state index in [1.54, 1.807) is 0 Å². The van der Waals surface area contributed by atoms with Crippen LogP contribution in [0.3, 0.4) is 0 Å². The largest absolute Gasteiger partial charge is 0.356 e. The highest BCUT2D eigenvalue weighted by Gasteiger charge is 2.12. The van der Waals surface area contributed by atoms with E-state index in [1.165, 1.54) is 5.56 Å². The van der Waals surface area contributed by atoms with Gasteiger partial charge in [-0.15, -0.1) is 0 Å². The second-order valence-corrected chi connectivity index (χ2v) is 6.15. The van der Waals surface area contributed by atoms with Crippen LogP contribution in [0.2, 0.25) is 0 Å². The van der Waals surface area contributed by atoms with Crippen LogP contribution >= 0.6 is 0 Å². The quantitative estimate of drug-likeness (QED) is 0.816. The summed E-state index contributed by atoms with van der Waals surface area (Å²) in [5, 5.41) is 3.24. The highest BCUT2D eigenvalue weighted by atomic mass is 15.2. The second-order valence-electron chi connectivity index (χ2n) is 6.15. The standard InChI is InChI=1S/C16H29N3/c1-12(2)10-19(11-13(3)4)16-8-7-15(9-18-16)14(5)17-6/h7-9,12-14,17H,10-11H2,1-6H3. The molecule has 0 bridgehead atoms. The number of anilines is 1. The molecule has 0 radical (unpaired) electrons. The number of nitrogens with zero attached hydrogens (tertiary/aromatic N) is 2. The summed E-state index contributed by atoms with van der Waals surface area (Å²) in [5.41, 5.74) is 1.24. The number of hydrogen-bond acceptors (Lipinski definition) is 3. The van der Waals surface area contributed by atoms with Gasteiger partial charge in [0.2, 0.25) is 0 Å². The molecule has 0 aliphatic carbocycles. The summed E-state index contributed by atoms with van der Waals surface area (Å²) in [4.78, 5) is 7.03. The van der Waals surface area contributed by atoms with Crippen molar-refractivity contribution in [2.75, 3.05) is 25.0 Å². The molecule has 0 fully saturated rings. The maximum atomic E-state index is 4.64. The summed E-state index contributed by atoms with van der Waals surface area (Å²) >= 11 is 0. The van der Waals surface area contributed by atoms with Gasteiger partial charge in [-0.2, -0.15) is 0 Å². The molecule has 3 nitrogen and oxygen atoms in total. The van der Waals surface area contributed by atoms with E-state index in [2.05, 4.69) is 62.0 Å². The lowest BCUT2D eigenvalue weighted by Gasteiger charge is -2.27. The molecule has 0 amide bonds. The number of hydrogen-bond donors (Lipinski definition) is 1. The topological polar surface area (TPSA) is 28.2 Å². The van der Waals surface area contributed by atoms with Gasteiger partial charge < -0.3 is 10.2 Å². The predicted octanol–water partition coefficient (Wildman–Crippen LogP) is 3.48. The first kappa shape index (κ1) is 16.0. The molecule has 0 aliphatic rings. The van der Waals surface area contributed by atoms with Crippen LogP contribution in [0.5, 0.6) is 0 Å². The Hall–Kier alpha value is -1.09. The highest BCUT2D eigenvalue weighted by Crippen LogP contribution is 2.18. The summed E-state index contributed by atoms with van der Waals surface area (Å²) in [5.74, 6) is 2.39. The number of pyridine rings is 1. The van der Waals surface area contributed by atoms with Crippen molar-refractivity contribution in [1.29, 1.82) is 0 Å². The molecule has 3 heteroatoms. The molecule has 19 heavy (non-hydrogen) atoms. The fourth-order valence-electron chi connectivity index (χ4n) is 2.15. The fourth-order valence-corrected chi connectivity index (χ4v) is 2.15. The average Bonchev–Trinajstić information content (AvgIpc) is 2.36. The summed E-state index contributed by atoms with van der Waals surface area (Å²) in [6.45, 7) is 13.3. The molecule has 0 aliphatic heterocycles. The number of aromatic nitrogens is 1. The molecule has 108 valence electrons. The van der Waals surface area contributed by atoms with Crippen molar-refractivity contribution >= 4 is 5.82 Å². The van der Waals surface area contributed by atoms with E-state index in [4.69, 9.17) is 0 Å². The van der Waals surface area contributed by atoms with Crippen LogP contribution in [0.15, 0.2) is 18.3 Å². The fraction of sp³-hybridized carbons (Fsp3) is 0.688. The third-order valence-corrected chi connectivity index (χ3v) is 3.20. The van der Waals surface area contributed by atoms with Gasteiger partial charge in [0.25, 0.3) is 0 Å². The molecule has 1 aromatic rings. The van der Waals surface area contributed by atoms with Crippen molar-refractivity contribution in [3.63, 3.8) is 0 Å². The molecular formula is C16H29N3. The Labute approximate surface area is 118 Å². The molecule has 1 aromatic heterocycles. The molecule has 1 heterocycles. The van der Waals surface area contributed by atoms with Crippen LogP contribution in [-0.4, -0.2) is 25.1 Å². The molecule has 0 saturated carbocycles. The van der Waals surface area contributed by atoms with E-state index in [-0.39, 0.29) is 0 Å². The van der Waals surface area contributed by atoms with E-state index in [0.717, 1.165) is 18.9 Å². The Morgan fingerprint density at radius 2 is 1.63 bits per heavy atom. The van der Waals surface area contributed by atoms with Gasteiger partial charge in [-0.05, 0) is 37.4 Å². The molecule has 1 N–H and O–H groups in total. The predicted molar refractivity (Wildman–Crippen MR) is 83.6 cm³/mol. The van der Waals surface area contributed by atoms with Gasteiger partial charge in [-0.25, -0.2) is 4.98 Å². The Balaban J connectivity index is 2.84. The molecule has 1 atom stereocenters. The van der Waals surface area contributed by atoms with Crippen LogP contribution in [0, 0.1) is 11.8 Å². The van der Waals surface area contributed by atoms with E-state index in [9.17, 15) is 0 Å². The van der Waals surface area contributed by atoms with Gasteiger partial charge >= 0.3 is 0 Å². The second kappa shape index (κ2) is 7.49. The van der Waals surface area contributed by atoms with E-state index >= 15 is 0 Å². The Kier molecular flexibility index (Phi) is 6.29. The first-order chi connectivity index (χ1) is 8.93. The van der Waals surface area contributed by atoms with E-state index < -0.39 is 0 Å².